The van der Waals surface area contributed by atoms with E-state index in [1.807, 2.05) is 6.07 Å². The minimum Gasteiger partial charge on any atom is -0.381 e. The Morgan fingerprint density at radius 1 is 1.38 bits per heavy atom. The third-order valence-electron chi connectivity index (χ3n) is 3.76. The zero-order valence-corrected chi connectivity index (χ0v) is 14.3. The third-order valence-corrected chi connectivity index (χ3v) is 7.27. The Labute approximate surface area is 131 Å². The summed E-state index contributed by atoms with van der Waals surface area (Å²) in [5.41, 5.74) is 0. The van der Waals surface area contributed by atoms with Gasteiger partial charge < -0.3 is 10.1 Å². The molecule has 1 aromatic rings. The molecular formula is C14H24N2O3S2. The number of hydrogen-bond donors (Lipinski definition) is 1. The van der Waals surface area contributed by atoms with Crippen LogP contribution in [0.15, 0.2) is 16.3 Å². The Bertz CT molecular complexity index is 534. The Balaban J connectivity index is 1.99. The van der Waals surface area contributed by atoms with E-state index in [0.29, 0.717) is 17.3 Å². The highest BCUT2D eigenvalue weighted by Gasteiger charge is 2.30. The van der Waals surface area contributed by atoms with Crippen LogP contribution in [0.5, 0.6) is 0 Å². The summed E-state index contributed by atoms with van der Waals surface area (Å²) in [7, 11) is -1.64. The SMILES string of the molecule is CCNCCc1ccc(S(=O)(=O)N2CCC(OC)CC2)s1. The van der Waals surface area contributed by atoms with Crippen molar-refractivity contribution >= 4 is 21.4 Å². The van der Waals surface area contributed by atoms with Gasteiger partial charge in [-0.3, -0.25) is 0 Å². The van der Waals surface area contributed by atoms with Gasteiger partial charge in [-0.05, 0) is 44.5 Å². The molecule has 1 aliphatic heterocycles. The molecule has 0 unspecified atom stereocenters. The molecule has 7 heteroatoms. The molecule has 0 saturated carbocycles. The Morgan fingerprint density at radius 2 is 2.10 bits per heavy atom. The van der Waals surface area contributed by atoms with Gasteiger partial charge in [0.25, 0.3) is 10.0 Å². The second-order valence-electron chi connectivity index (χ2n) is 5.16. The van der Waals surface area contributed by atoms with Gasteiger partial charge in [-0.1, -0.05) is 6.92 Å². The van der Waals surface area contributed by atoms with Crippen LogP contribution in [-0.2, 0) is 21.2 Å². The summed E-state index contributed by atoms with van der Waals surface area (Å²) in [5, 5.41) is 3.25. The number of methoxy groups -OCH3 is 1. The van der Waals surface area contributed by atoms with Crippen LogP contribution >= 0.6 is 11.3 Å². The first-order chi connectivity index (χ1) is 10.1. The highest BCUT2D eigenvalue weighted by atomic mass is 32.2. The maximum atomic E-state index is 12.6. The number of nitrogens with one attached hydrogen (secondary N) is 1. The quantitative estimate of drug-likeness (QED) is 0.772. The van der Waals surface area contributed by atoms with Crippen LogP contribution < -0.4 is 5.32 Å². The molecule has 2 rings (SSSR count). The van der Waals surface area contributed by atoms with E-state index >= 15 is 0 Å². The molecule has 0 aromatic carbocycles. The summed E-state index contributed by atoms with van der Waals surface area (Å²) in [6.07, 6.45) is 2.61. The molecule has 2 heterocycles. The topological polar surface area (TPSA) is 58.6 Å². The average molecular weight is 332 g/mol. The van der Waals surface area contributed by atoms with E-state index in [1.165, 1.54) is 11.3 Å². The van der Waals surface area contributed by atoms with E-state index in [9.17, 15) is 8.42 Å². The minimum atomic E-state index is -3.33. The summed E-state index contributed by atoms with van der Waals surface area (Å²) in [4.78, 5) is 1.11. The molecule has 1 aliphatic rings. The lowest BCUT2D eigenvalue weighted by Gasteiger charge is -2.29. The number of ether oxygens (including phenoxy) is 1. The van der Waals surface area contributed by atoms with Crippen molar-refractivity contribution < 1.29 is 13.2 Å². The Hall–Kier alpha value is -0.470. The summed E-state index contributed by atoms with van der Waals surface area (Å²) in [6.45, 7) is 4.98. The maximum absolute atomic E-state index is 12.6. The fourth-order valence-corrected chi connectivity index (χ4v) is 5.43. The number of piperidine rings is 1. The van der Waals surface area contributed by atoms with E-state index in [4.69, 9.17) is 4.74 Å². The van der Waals surface area contributed by atoms with Crippen LogP contribution in [0.4, 0.5) is 0 Å². The standard InChI is InChI=1S/C14H24N2O3S2/c1-3-15-9-6-13-4-5-14(20-13)21(17,18)16-10-7-12(19-2)8-11-16/h4-5,12,15H,3,6-11H2,1-2H3. The smallest absolute Gasteiger partial charge is 0.252 e. The molecule has 0 bridgehead atoms. The lowest BCUT2D eigenvalue weighted by atomic mass is 10.1. The van der Waals surface area contributed by atoms with Crippen LogP contribution in [0.2, 0.25) is 0 Å². The zero-order chi connectivity index (χ0) is 15.3. The van der Waals surface area contributed by atoms with E-state index in [0.717, 1.165) is 37.2 Å². The predicted molar refractivity (Wildman–Crippen MR) is 85.4 cm³/mol. The molecule has 120 valence electrons. The lowest BCUT2D eigenvalue weighted by molar-refractivity contribution is 0.0605. The number of nitrogens with zero attached hydrogens (tertiary/aromatic N) is 1. The van der Waals surface area contributed by atoms with Crippen molar-refractivity contribution in [2.75, 3.05) is 33.3 Å². The molecule has 0 amide bonds. The first-order valence-corrected chi connectivity index (χ1v) is 9.66. The molecule has 1 saturated heterocycles. The van der Waals surface area contributed by atoms with Crippen LogP contribution in [0.25, 0.3) is 0 Å². The van der Waals surface area contributed by atoms with Crippen LogP contribution in [0, 0.1) is 0 Å². The van der Waals surface area contributed by atoms with Crippen molar-refractivity contribution in [1.29, 1.82) is 0 Å². The number of rotatable bonds is 7. The number of sulfonamides is 1. The fourth-order valence-electron chi connectivity index (χ4n) is 2.46. The van der Waals surface area contributed by atoms with Gasteiger partial charge in [-0.15, -0.1) is 11.3 Å². The van der Waals surface area contributed by atoms with E-state index in [1.54, 1.807) is 17.5 Å². The number of hydrogen-bond acceptors (Lipinski definition) is 5. The molecule has 0 radical (unpaired) electrons. The Kier molecular flexibility index (Phi) is 6.19. The molecule has 1 aromatic heterocycles. The van der Waals surface area contributed by atoms with E-state index in [2.05, 4.69) is 12.2 Å². The molecule has 1 N–H and O–H groups in total. The second kappa shape index (κ2) is 7.69. The van der Waals surface area contributed by atoms with E-state index in [-0.39, 0.29) is 6.10 Å². The highest BCUT2D eigenvalue weighted by molar-refractivity contribution is 7.91. The van der Waals surface area contributed by atoms with Gasteiger partial charge in [0.05, 0.1) is 6.10 Å². The van der Waals surface area contributed by atoms with Crippen molar-refractivity contribution in [3.63, 3.8) is 0 Å². The summed E-state index contributed by atoms with van der Waals surface area (Å²) < 4.78 is 32.6. The first kappa shape index (κ1) is 16.9. The molecule has 1 fully saturated rings. The zero-order valence-electron chi connectivity index (χ0n) is 12.7. The lowest BCUT2D eigenvalue weighted by Crippen LogP contribution is -2.40. The highest BCUT2D eigenvalue weighted by Crippen LogP contribution is 2.27. The molecule has 0 aliphatic carbocycles. The van der Waals surface area contributed by atoms with Gasteiger partial charge in [0.2, 0.25) is 0 Å². The van der Waals surface area contributed by atoms with Crippen LogP contribution in [0.3, 0.4) is 0 Å². The first-order valence-electron chi connectivity index (χ1n) is 7.40. The van der Waals surface area contributed by atoms with Gasteiger partial charge in [-0.2, -0.15) is 4.31 Å². The van der Waals surface area contributed by atoms with Gasteiger partial charge in [-0.25, -0.2) is 8.42 Å². The molecule has 0 atom stereocenters. The van der Waals surface area contributed by atoms with Crippen molar-refractivity contribution in [2.24, 2.45) is 0 Å². The summed E-state index contributed by atoms with van der Waals surface area (Å²) >= 11 is 1.39. The largest absolute Gasteiger partial charge is 0.381 e. The average Bonchev–Trinajstić information content (AvgIpc) is 2.97. The monoisotopic (exact) mass is 332 g/mol. The van der Waals surface area contributed by atoms with Crippen molar-refractivity contribution in [2.45, 2.75) is 36.5 Å². The normalized spacial score (nSPS) is 18.2. The number of likely N-dealkylation sites (N-methyl/N-ethyl adjacent to an activating group) is 1. The van der Waals surface area contributed by atoms with Crippen molar-refractivity contribution in [3.8, 4) is 0 Å². The summed E-state index contributed by atoms with van der Waals surface area (Å²) in [6, 6.07) is 3.67. The molecule has 0 spiro atoms. The van der Waals surface area contributed by atoms with Crippen molar-refractivity contribution in [3.05, 3.63) is 17.0 Å². The van der Waals surface area contributed by atoms with Crippen LogP contribution in [-0.4, -0.2) is 52.1 Å². The van der Waals surface area contributed by atoms with E-state index < -0.39 is 10.0 Å². The minimum absolute atomic E-state index is 0.190. The fraction of sp³-hybridized carbons (Fsp3) is 0.714. The third kappa shape index (κ3) is 4.26. The van der Waals surface area contributed by atoms with Gasteiger partial charge in [0, 0.05) is 25.1 Å². The molecule has 5 nitrogen and oxygen atoms in total. The van der Waals surface area contributed by atoms with Crippen molar-refractivity contribution in [1.82, 2.24) is 9.62 Å². The second-order valence-corrected chi connectivity index (χ2v) is 8.50. The van der Waals surface area contributed by atoms with Crippen LogP contribution in [0.1, 0.15) is 24.6 Å². The van der Waals surface area contributed by atoms with Gasteiger partial charge >= 0.3 is 0 Å². The summed E-state index contributed by atoms with van der Waals surface area (Å²) in [5.74, 6) is 0. The van der Waals surface area contributed by atoms with Gasteiger partial charge in [0.1, 0.15) is 4.21 Å². The molecular weight excluding hydrogens is 308 g/mol. The number of thiophene rings is 1. The predicted octanol–water partition coefficient (Wildman–Crippen LogP) is 1.70. The molecule has 21 heavy (non-hydrogen) atoms. The Morgan fingerprint density at radius 3 is 2.71 bits per heavy atom. The maximum Gasteiger partial charge on any atom is 0.252 e. The van der Waals surface area contributed by atoms with Gasteiger partial charge in [0.15, 0.2) is 0 Å².